The molecule has 0 aliphatic heterocycles. The van der Waals surface area contributed by atoms with E-state index < -0.39 is 11.4 Å². The normalized spacial score (nSPS) is 11.2. The molecule has 0 saturated carbocycles. The summed E-state index contributed by atoms with van der Waals surface area (Å²) in [6, 6.07) is 9.02. The lowest BCUT2D eigenvalue weighted by molar-refractivity contribution is -0.149. The van der Waals surface area contributed by atoms with Gasteiger partial charge < -0.3 is 15.2 Å². The van der Waals surface area contributed by atoms with E-state index in [0.717, 1.165) is 17.1 Å². The van der Waals surface area contributed by atoms with E-state index in [1.165, 1.54) is 0 Å². The van der Waals surface area contributed by atoms with Gasteiger partial charge in [-0.3, -0.25) is 9.59 Å². The molecule has 26 heavy (non-hydrogen) atoms. The number of rotatable bonds is 8. The van der Waals surface area contributed by atoms with E-state index in [2.05, 4.69) is 10.4 Å². The maximum Gasteiger partial charge on any atom is 0.311 e. The van der Waals surface area contributed by atoms with Gasteiger partial charge in [0.1, 0.15) is 5.75 Å². The van der Waals surface area contributed by atoms with Gasteiger partial charge in [0.25, 0.3) is 5.91 Å². The van der Waals surface area contributed by atoms with Crippen LogP contribution < -0.4 is 10.1 Å². The number of amides is 1. The first kappa shape index (κ1) is 19.5. The number of aliphatic carboxylic acids is 1. The summed E-state index contributed by atoms with van der Waals surface area (Å²) in [5, 5.41) is 16.5. The number of hydrogen-bond donors (Lipinski definition) is 2. The van der Waals surface area contributed by atoms with E-state index in [9.17, 15) is 14.7 Å². The fourth-order valence-electron chi connectivity index (χ4n) is 2.79. The molecular formula is C19H25N3O4. The van der Waals surface area contributed by atoms with Crippen molar-refractivity contribution in [3.8, 4) is 11.4 Å². The molecule has 0 unspecified atom stereocenters. The topological polar surface area (TPSA) is 93.5 Å². The molecule has 1 amide bonds. The lowest BCUT2D eigenvalue weighted by Gasteiger charge is -2.26. The molecule has 1 aromatic heterocycles. The summed E-state index contributed by atoms with van der Waals surface area (Å²) in [6.07, 6.45) is 0.886. The van der Waals surface area contributed by atoms with Gasteiger partial charge in [-0.05, 0) is 50.1 Å². The number of methoxy groups -OCH3 is 1. The Kier molecular flexibility index (Phi) is 6.02. The van der Waals surface area contributed by atoms with Crippen LogP contribution in [-0.4, -0.2) is 40.4 Å². The average Bonchev–Trinajstić information content (AvgIpc) is 3.04. The Hall–Kier alpha value is -2.83. The molecule has 0 radical (unpaired) electrons. The van der Waals surface area contributed by atoms with Crippen LogP contribution in [-0.2, 0) is 4.79 Å². The van der Waals surface area contributed by atoms with Gasteiger partial charge in [0.2, 0.25) is 0 Å². The molecule has 0 atom stereocenters. The fourth-order valence-corrected chi connectivity index (χ4v) is 2.79. The zero-order valence-corrected chi connectivity index (χ0v) is 15.6. The number of carboxylic acid groups (broad SMARTS) is 1. The lowest BCUT2D eigenvalue weighted by Crippen LogP contribution is -2.42. The second kappa shape index (κ2) is 8.03. The number of carboxylic acids is 1. The van der Waals surface area contributed by atoms with Gasteiger partial charge in [0, 0.05) is 12.2 Å². The van der Waals surface area contributed by atoms with E-state index >= 15 is 0 Å². The van der Waals surface area contributed by atoms with Crippen LogP contribution in [0.3, 0.4) is 0 Å². The molecular weight excluding hydrogens is 334 g/mol. The van der Waals surface area contributed by atoms with Crippen LogP contribution in [0.25, 0.3) is 5.69 Å². The highest BCUT2D eigenvalue weighted by Crippen LogP contribution is 2.26. The first-order chi connectivity index (χ1) is 12.4. The molecule has 2 rings (SSSR count). The number of ether oxygens (including phenoxy) is 1. The van der Waals surface area contributed by atoms with Crippen LogP contribution in [0.4, 0.5) is 0 Å². The highest BCUT2D eigenvalue weighted by atomic mass is 16.5. The number of hydrogen-bond acceptors (Lipinski definition) is 4. The molecule has 0 saturated heterocycles. The van der Waals surface area contributed by atoms with Crippen molar-refractivity contribution in [1.29, 1.82) is 0 Å². The van der Waals surface area contributed by atoms with E-state index in [1.807, 2.05) is 45.0 Å². The molecule has 0 bridgehead atoms. The van der Waals surface area contributed by atoms with Crippen molar-refractivity contribution in [1.82, 2.24) is 15.1 Å². The summed E-state index contributed by atoms with van der Waals surface area (Å²) < 4.78 is 6.81. The first-order valence-corrected chi connectivity index (χ1v) is 8.59. The Bertz CT molecular complexity index is 777. The molecule has 0 fully saturated rings. The summed E-state index contributed by atoms with van der Waals surface area (Å²) in [4.78, 5) is 24.0. The Morgan fingerprint density at radius 3 is 2.35 bits per heavy atom. The number of nitrogens with zero attached hydrogens (tertiary/aromatic N) is 2. The Labute approximate surface area is 153 Å². The zero-order valence-electron chi connectivity index (χ0n) is 15.6. The SMILES string of the molecule is CCC(CC)(CNC(=O)c1cc(C)n(-c2ccc(OC)cc2)n1)C(=O)O. The summed E-state index contributed by atoms with van der Waals surface area (Å²) >= 11 is 0. The molecule has 0 aliphatic carbocycles. The fraction of sp³-hybridized carbons (Fsp3) is 0.421. The molecule has 0 aliphatic rings. The number of benzene rings is 1. The number of carbonyl (C=O) groups excluding carboxylic acids is 1. The third kappa shape index (κ3) is 3.87. The van der Waals surface area contributed by atoms with E-state index in [1.54, 1.807) is 17.9 Å². The van der Waals surface area contributed by atoms with Gasteiger partial charge in [0.15, 0.2) is 5.69 Å². The van der Waals surface area contributed by atoms with Crippen molar-refractivity contribution in [3.05, 3.63) is 41.7 Å². The number of carbonyl (C=O) groups is 2. The molecule has 1 heterocycles. The highest BCUT2D eigenvalue weighted by Gasteiger charge is 2.35. The summed E-state index contributed by atoms with van der Waals surface area (Å²) in [6.45, 7) is 5.55. The molecule has 140 valence electrons. The van der Waals surface area contributed by atoms with Crippen LogP contribution in [0.15, 0.2) is 30.3 Å². The molecule has 7 heteroatoms. The maximum absolute atomic E-state index is 12.4. The van der Waals surface area contributed by atoms with E-state index in [4.69, 9.17) is 4.74 Å². The third-order valence-corrected chi connectivity index (χ3v) is 4.83. The minimum Gasteiger partial charge on any atom is -0.497 e. The van der Waals surface area contributed by atoms with E-state index in [-0.39, 0.29) is 18.1 Å². The maximum atomic E-state index is 12.4. The molecule has 2 N–H and O–H groups in total. The van der Waals surface area contributed by atoms with Crippen LogP contribution in [0, 0.1) is 12.3 Å². The number of aromatic nitrogens is 2. The van der Waals surface area contributed by atoms with Crippen molar-refractivity contribution >= 4 is 11.9 Å². The summed E-state index contributed by atoms with van der Waals surface area (Å²) in [5.74, 6) is -0.545. The lowest BCUT2D eigenvalue weighted by atomic mass is 9.82. The minimum atomic E-state index is -0.955. The number of nitrogens with one attached hydrogen (secondary N) is 1. The molecule has 0 spiro atoms. The van der Waals surface area contributed by atoms with E-state index in [0.29, 0.717) is 12.8 Å². The molecule has 1 aromatic carbocycles. The number of aryl methyl sites for hydroxylation is 1. The van der Waals surface area contributed by atoms with Crippen molar-refractivity contribution in [2.45, 2.75) is 33.6 Å². The second-order valence-corrected chi connectivity index (χ2v) is 6.26. The van der Waals surface area contributed by atoms with Gasteiger partial charge in [-0.2, -0.15) is 5.10 Å². The quantitative estimate of drug-likeness (QED) is 0.756. The standard InChI is InChI=1S/C19H25N3O4/c1-5-19(6-2,18(24)25)12-20-17(23)16-11-13(3)22(21-16)14-7-9-15(26-4)10-8-14/h7-11H,5-6,12H2,1-4H3,(H,20,23)(H,24,25). The van der Waals surface area contributed by atoms with Gasteiger partial charge in [-0.1, -0.05) is 13.8 Å². The van der Waals surface area contributed by atoms with Crippen LogP contribution in [0.2, 0.25) is 0 Å². The monoisotopic (exact) mass is 359 g/mol. The van der Waals surface area contributed by atoms with Crippen molar-refractivity contribution in [2.24, 2.45) is 5.41 Å². The largest absolute Gasteiger partial charge is 0.497 e. The molecule has 2 aromatic rings. The van der Waals surface area contributed by atoms with Gasteiger partial charge in [-0.25, -0.2) is 4.68 Å². The predicted molar refractivity (Wildman–Crippen MR) is 97.8 cm³/mol. The summed E-state index contributed by atoms with van der Waals surface area (Å²) in [7, 11) is 1.60. The minimum absolute atomic E-state index is 0.0720. The Morgan fingerprint density at radius 1 is 1.23 bits per heavy atom. The zero-order chi connectivity index (χ0) is 19.3. The predicted octanol–water partition coefficient (Wildman–Crippen LogP) is 2.81. The van der Waals surface area contributed by atoms with Gasteiger partial charge in [-0.15, -0.1) is 0 Å². The van der Waals surface area contributed by atoms with Crippen molar-refractivity contribution < 1.29 is 19.4 Å². The Balaban J connectivity index is 2.16. The van der Waals surface area contributed by atoms with Crippen LogP contribution >= 0.6 is 0 Å². The highest BCUT2D eigenvalue weighted by molar-refractivity contribution is 5.92. The average molecular weight is 359 g/mol. The van der Waals surface area contributed by atoms with Crippen molar-refractivity contribution in [2.75, 3.05) is 13.7 Å². The Morgan fingerprint density at radius 2 is 1.85 bits per heavy atom. The van der Waals surface area contributed by atoms with Gasteiger partial charge in [0.05, 0.1) is 18.2 Å². The van der Waals surface area contributed by atoms with Crippen LogP contribution in [0.5, 0.6) is 5.75 Å². The smallest absolute Gasteiger partial charge is 0.311 e. The van der Waals surface area contributed by atoms with Crippen LogP contribution in [0.1, 0.15) is 42.9 Å². The van der Waals surface area contributed by atoms with Crippen molar-refractivity contribution in [3.63, 3.8) is 0 Å². The second-order valence-electron chi connectivity index (χ2n) is 6.26. The molecule has 7 nitrogen and oxygen atoms in total. The van der Waals surface area contributed by atoms with Gasteiger partial charge >= 0.3 is 5.97 Å². The summed E-state index contributed by atoms with van der Waals surface area (Å²) in [5.41, 5.74) is 0.911. The first-order valence-electron chi connectivity index (χ1n) is 8.59. The third-order valence-electron chi connectivity index (χ3n) is 4.83.